The highest BCUT2D eigenvalue weighted by atomic mass is 32.1. The van der Waals surface area contributed by atoms with E-state index in [9.17, 15) is 10.1 Å². The topological polar surface area (TPSA) is 76.4 Å². The van der Waals surface area contributed by atoms with Crippen LogP contribution in [-0.2, 0) is 0 Å². The second kappa shape index (κ2) is 7.06. The lowest BCUT2D eigenvalue weighted by atomic mass is 10.1. The number of rotatable bonds is 4. The van der Waals surface area contributed by atoms with Gasteiger partial charge in [0.15, 0.2) is 5.11 Å². The van der Waals surface area contributed by atoms with E-state index in [0.717, 1.165) is 16.8 Å². The fourth-order valence-electron chi connectivity index (χ4n) is 2.04. The lowest BCUT2D eigenvalue weighted by Crippen LogP contribution is -2.20. The molecule has 0 aromatic heterocycles. The van der Waals surface area contributed by atoms with Gasteiger partial charge in [-0.1, -0.05) is 6.07 Å². The van der Waals surface area contributed by atoms with E-state index in [1.165, 1.54) is 6.07 Å². The molecule has 0 amide bonds. The first kappa shape index (κ1) is 16.7. The molecule has 0 bridgehead atoms. The van der Waals surface area contributed by atoms with Crippen LogP contribution in [0.4, 0.5) is 17.1 Å². The summed E-state index contributed by atoms with van der Waals surface area (Å²) in [7, 11) is 1.58. The van der Waals surface area contributed by atoms with Crippen LogP contribution in [0.15, 0.2) is 36.4 Å². The van der Waals surface area contributed by atoms with Gasteiger partial charge in [-0.15, -0.1) is 0 Å². The number of nitrogens with zero attached hydrogens (tertiary/aromatic N) is 1. The SMILES string of the molecule is COc1cccc(NC(=S)Nc2cc(C)c(C)cc2[N+](=O)[O-])c1. The standard InChI is InChI=1S/C16H17N3O3S/c1-10-7-14(15(19(20)21)8-11(10)2)18-16(23)17-12-5-4-6-13(9-12)22-3/h4-9H,1-3H3,(H2,17,18,23). The Hall–Kier alpha value is -2.67. The number of methoxy groups -OCH3 is 1. The zero-order valence-electron chi connectivity index (χ0n) is 13.0. The van der Waals surface area contributed by atoms with E-state index in [2.05, 4.69) is 10.6 Å². The number of hydrogen-bond donors (Lipinski definition) is 2. The molecule has 0 aliphatic rings. The first-order chi connectivity index (χ1) is 10.9. The lowest BCUT2D eigenvalue weighted by molar-refractivity contribution is -0.384. The number of nitro benzene ring substituents is 1. The maximum absolute atomic E-state index is 11.2. The maximum Gasteiger partial charge on any atom is 0.293 e. The summed E-state index contributed by atoms with van der Waals surface area (Å²) in [4.78, 5) is 10.8. The van der Waals surface area contributed by atoms with Gasteiger partial charge in [-0.25, -0.2) is 0 Å². The summed E-state index contributed by atoms with van der Waals surface area (Å²) in [6.07, 6.45) is 0. The van der Waals surface area contributed by atoms with Gasteiger partial charge in [0.1, 0.15) is 11.4 Å². The summed E-state index contributed by atoms with van der Waals surface area (Å²) >= 11 is 5.23. The van der Waals surface area contributed by atoms with Crippen molar-refractivity contribution in [3.05, 3.63) is 57.6 Å². The summed E-state index contributed by atoms with van der Waals surface area (Å²) in [6, 6.07) is 10.5. The Morgan fingerprint density at radius 2 is 1.87 bits per heavy atom. The highest BCUT2D eigenvalue weighted by Gasteiger charge is 2.16. The Morgan fingerprint density at radius 3 is 2.52 bits per heavy atom. The zero-order chi connectivity index (χ0) is 17.0. The van der Waals surface area contributed by atoms with E-state index in [1.807, 2.05) is 32.0 Å². The average molecular weight is 331 g/mol. The van der Waals surface area contributed by atoms with Crippen LogP contribution >= 0.6 is 12.2 Å². The number of ether oxygens (including phenoxy) is 1. The van der Waals surface area contributed by atoms with Crippen molar-refractivity contribution >= 4 is 34.4 Å². The van der Waals surface area contributed by atoms with Gasteiger partial charge in [-0.3, -0.25) is 10.1 Å². The van der Waals surface area contributed by atoms with Gasteiger partial charge >= 0.3 is 0 Å². The molecular formula is C16H17N3O3S. The van der Waals surface area contributed by atoms with Crippen LogP contribution in [0.1, 0.15) is 11.1 Å². The molecule has 2 aromatic carbocycles. The molecule has 0 atom stereocenters. The van der Waals surface area contributed by atoms with Crippen molar-refractivity contribution in [2.75, 3.05) is 17.7 Å². The quantitative estimate of drug-likeness (QED) is 0.500. The normalized spacial score (nSPS) is 10.0. The summed E-state index contributed by atoms with van der Waals surface area (Å²) in [6.45, 7) is 3.72. The van der Waals surface area contributed by atoms with E-state index in [1.54, 1.807) is 19.2 Å². The van der Waals surface area contributed by atoms with Crippen LogP contribution in [0.5, 0.6) is 5.75 Å². The second-order valence-electron chi connectivity index (χ2n) is 5.02. The first-order valence-electron chi connectivity index (χ1n) is 6.88. The Labute approximate surface area is 139 Å². The minimum Gasteiger partial charge on any atom is -0.497 e. The Morgan fingerprint density at radius 1 is 1.17 bits per heavy atom. The number of hydrogen-bond acceptors (Lipinski definition) is 4. The van der Waals surface area contributed by atoms with E-state index in [0.29, 0.717) is 11.4 Å². The van der Waals surface area contributed by atoms with Crippen LogP contribution in [0.25, 0.3) is 0 Å². The molecule has 0 saturated heterocycles. The molecule has 2 N–H and O–H groups in total. The molecule has 0 radical (unpaired) electrons. The van der Waals surface area contributed by atoms with Crippen molar-refractivity contribution in [2.45, 2.75) is 13.8 Å². The fourth-order valence-corrected chi connectivity index (χ4v) is 2.27. The number of benzene rings is 2. The number of aryl methyl sites for hydroxylation is 2. The van der Waals surface area contributed by atoms with Gasteiger partial charge in [-0.2, -0.15) is 0 Å². The molecule has 23 heavy (non-hydrogen) atoms. The molecule has 7 heteroatoms. The molecule has 0 aliphatic heterocycles. The fraction of sp³-hybridized carbons (Fsp3) is 0.188. The molecule has 0 unspecified atom stereocenters. The third kappa shape index (κ3) is 4.17. The monoisotopic (exact) mass is 331 g/mol. The summed E-state index contributed by atoms with van der Waals surface area (Å²) in [5.41, 5.74) is 2.88. The summed E-state index contributed by atoms with van der Waals surface area (Å²) < 4.78 is 5.14. The smallest absolute Gasteiger partial charge is 0.293 e. The third-order valence-electron chi connectivity index (χ3n) is 3.38. The van der Waals surface area contributed by atoms with Crippen molar-refractivity contribution < 1.29 is 9.66 Å². The van der Waals surface area contributed by atoms with Gasteiger partial charge in [0.05, 0.1) is 12.0 Å². The predicted octanol–water partition coefficient (Wildman–Crippen LogP) is 4.03. The highest BCUT2D eigenvalue weighted by molar-refractivity contribution is 7.80. The molecule has 2 aromatic rings. The number of nitrogens with one attached hydrogen (secondary N) is 2. The molecule has 0 heterocycles. The summed E-state index contributed by atoms with van der Waals surface area (Å²) in [5.74, 6) is 0.690. The van der Waals surface area contributed by atoms with Crippen molar-refractivity contribution in [1.29, 1.82) is 0 Å². The molecule has 0 spiro atoms. The Balaban J connectivity index is 2.19. The first-order valence-corrected chi connectivity index (χ1v) is 7.29. The minimum absolute atomic E-state index is 0.0112. The van der Waals surface area contributed by atoms with Crippen molar-refractivity contribution in [3.8, 4) is 5.75 Å². The van der Waals surface area contributed by atoms with Crippen LogP contribution in [0.3, 0.4) is 0 Å². The van der Waals surface area contributed by atoms with Gasteiger partial charge < -0.3 is 15.4 Å². The van der Waals surface area contributed by atoms with Gasteiger partial charge in [0.25, 0.3) is 5.69 Å². The predicted molar refractivity (Wildman–Crippen MR) is 95.4 cm³/mol. The number of nitro groups is 1. The molecule has 6 nitrogen and oxygen atoms in total. The number of anilines is 2. The molecule has 0 aliphatic carbocycles. The second-order valence-corrected chi connectivity index (χ2v) is 5.43. The third-order valence-corrected chi connectivity index (χ3v) is 3.59. The number of thiocarbonyl (C=S) groups is 1. The van der Waals surface area contributed by atoms with Crippen molar-refractivity contribution in [1.82, 2.24) is 0 Å². The van der Waals surface area contributed by atoms with Crippen LogP contribution in [0, 0.1) is 24.0 Å². The average Bonchev–Trinajstić information content (AvgIpc) is 2.50. The van der Waals surface area contributed by atoms with E-state index >= 15 is 0 Å². The molecule has 2 rings (SSSR count). The lowest BCUT2D eigenvalue weighted by Gasteiger charge is -2.13. The van der Waals surface area contributed by atoms with E-state index < -0.39 is 4.92 Å². The van der Waals surface area contributed by atoms with Gasteiger partial charge in [-0.05, 0) is 55.4 Å². The van der Waals surface area contributed by atoms with E-state index in [-0.39, 0.29) is 10.8 Å². The van der Waals surface area contributed by atoms with Crippen molar-refractivity contribution in [3.63, 3.8) is 0 Å². The van der Waals surface area contributed by atoms with Gasteiger partial charge in [0.2, 0.25) is 0 Å². The maximum atomic E-state index is 11.2. The van der Waals surface area contributed by atoms with Gasteiger partial charge in [0, 0.05) is 17.8 Å². The summed E-state index contributed by atoms with van der Waals surface area (Å²) in [5, 5.41) is 17.3. The molecule has 120 valence electrons. The Kier molecular flexibility index (Phi) is 5.13. The van der Waals surface area contributed by atoms with Crippen LogP contribution in [0.2, 0.25) is 0 Å². The molecule has 0 fully saturated rings. The Bertz CT molecular complexity index is 762. The minimum atomic E-state index is -0.428. The van der Waals surface area contributed by atoms with Crippen LogP contribution < -0.4 is 15.4 Å². The molecule has 0 saturated carbocycles. The molecular weight excluding hydrogens is 314 g/mol. The largest absolute Gasteiger partial charge is 0.497 e. The highest BCUT2D eigenvalue weighted by Crippen LogP contribution is 2.28. The zero-order valence-corrected chi connectivity index (χ0v) is 13.9. The van der Waals surface area contributed by atoms with Crippen molar-refractivity contribution in [2.24, 2.45) is 0 Å². The van der Waals surface area contributed by atoms with E-state index in [4.69, 9.17) is 17.0 Å². The van der Waals surface area contributed by atoms with Crippen LogP contribution in [-0.4, -0.2) is 17.1 Å².